The quantitative estimate of drug-likeness (QED) is 0.0102. The third-order valence-corrected chi connectivity index (χ3v) is 25.4. The molecule has 34 heteroatoms. The van der Waals surface area contributed by atoms with Crippen LogP contribution < -0.4 is 21.3 Å². The van der Waals surface area contributed by atoms with E-state index in [0.717, 1.165) is 215 Å². The molecule has 1 atom stereocenters. The van der Waals surface area contributed by atoms with E-state index in [1.165, 1.54) is 105 Å². The lowest BCUT2D eigenvalue weighted by Gasteiger charge is -2.14. The highest BCUT2D eigenvalue weighted by Gasteiger charge is 2.22. The summed E-state index contributed by atoms with van der Waals surface area (Å²) < 4.78 is 76.0. The van der Waals surface area contributed by atoms with Crippen LogP contribution in [0.4, 0.5) is 36.4 Å². The van der Waals surface area contributed by atoms with Crippen molar-refractivity contribution in [2.24, 2.45) is 0 Å². The smallest absolute Gasteiger partial charge is 0.181 e. The first-order valence-electron chi connectivity index (χ1n) is 47.7. The summed E-state index contributed by atoms with van der Waals surface area (Å²) in [4.78, 5) is 62.0. The van der Waals surface area contributed by atoms with Gasteiger partial charge in [-0.05, 0) is 246 Å². The Kier molecular flexibility index (Phi) is 46.3. The molecule has 1 aliphatic rings. The minimum Gasteiger partial charge on any atom is -0.385 e. The number of H-pyrrole nitrogens is 4. The summed E-state index contributed by atoms with van der Waals surface area (Å²) in [6.45, 7) is 26.1. The van der Waals surface area contributed by atoms with Crippen molar-refractivity contribution >= 4 is 155 Å². The van der Waals surface area contributed by atoms with Gasteiger partial charge in [0.05, 0.1) is 60.0 Å². The standard InChI is InChI=1S/C27H29FN6O.C27H27FN6O.C22H24BrN5O.C16H13BrIN5.C7H14O.C6H6FN.C4H8O.4CH4/c2*1-18(6-5-11-35-2)25-16-32-27-26(30-10-9-19-14-31-23-8-4-3-7-22(19)23)33-24(17-34(25)27)20-12-21(28)15-29-13-20;1-15(6-5-11-29-2)19-13-26-22-21(27-20(23)14-28(19)22)24-10-9-16-12-25-18-8-4-3-7-17(16)18;17-13-9-23-14(18)8-21-16(23)15(22-13)19-6-5-10-7-20-12-4-2-1-3-11(10)12;1-7(2)5-4-6-8-3;1-5-2-6(7)4-8-3-5;1-2-4-5-3-1;;;;/h3-4,7-8,12-18,31H,5-6,9-11H2,1-2H3,(H,30,33);3-4,7-8,12-17,31H,1,5-6,9-11H2,2H3,(H,30,33);3-4,7-8,12-14,25H,1,5-6,9-11H2,2H3,(H,24,27);1-4,7-9,20H,5-6H2,(H,19,22);1,4-6H2,2-3H3;2-4H,1H3;1-4H2;4*1H4. The molecule has 8 N–H and O–H groups in total. The van der Waals surface area contributed by atoms with E-state index in [1.54, 1.807) is 54.0 Å². The minimum absolute atomic E-state index is 0. The third-order valence-electron chi connectivity index (χ3n) is 23.8. The van der Waals surface area contributed by atoms with Crippen LogP contribution in [0.5, 0.6) is 0 Å². The van der Waals surface area contributed by atoms with Gasteiger partial charge in [0.25, 0.3) is 0 Å². The fraction of sp³-hybridized carbons (Fsp3) is 0.319. The number of aryl methyl sites for hydroxylation is 1. The van der Waals surface area contributed by atoms with E-state index >= 15 is 0 Å². The van der Waals surface area contributed by atoms with Gasteiger partial charge in [0, 0.05) is 229 Å². The highest BCUT2D eigenvalue weighted by atomic mass is 127. The number of allylic oxidation sites excluding steroid dienone is 3. The van der Waals surface area contributed by atoms with E-state index in [1.807, 2.05) is 106 Å². The van der Waals surface area contributed by atoms with Crippen molar-refractivity contribution in [3.63, 3.8) is 0 Å². The van der Waals surface area contributed by atoms with Crippen LogP contribution in [-0.4, -0.2) is 187 Å². The first-order chi connectivity index (χ1) is 69.7. The lowest BCUT2D eigenvalue weighted by atomic mass is 10.0. The average Bonchev–Trinajstić information content (AvgIpc) is 1.64. The molecular weight excluding hydrogens is 2100 g/mol. The van der Waals surface area contributed by atoms with Crippen LogP contribution in [0.1, 0.15) is 159 Å². The zero-order valence-electron chi connectivity index (χ0n) is 81.5. The second-order valence-corrected chi connectivity index (χ2v) is 37.2. The molecule has 147 heavy (non-hydrogen) atoms. The largest absolute Gasteiger partial charge is 0.385 e. The molecule has 0 spiro atoms. The number of benzene rings is 4. The molecule has 1 aliphatic heterocycles. The maximum atomic E-state index is 13.9. The Morgan fingerprint density at radius 2 is 0.782 bits per heavy atom. The van der Waals surface area contributed by atoms with E-state index in [9.17, 15) is 13.2 Å². The van der Waals surface area contributed by atoms with E-state index in [0.29, 0.717) is 59.5 Å². The number of nitrogens with one attached hydrogen (secondary N) is 8. The van der Waals surface area contributed by atoms with Gasteiger partial charge in [-0.15, -0.1) is 6.58 Å². The molecule has 0 saturated carbocycles. The third kappa shape index (κ3) is 32.1. The second-order valence-electron chi connectivity index (χ2n) is 34.5. The Morgan fingerprint density at radius 3 is 1.16 bits per heavy atom. The number of aromatic amines is 4. The lowest BCUT2D eigenvalue weighted by molar-refractivity contribution is 0.191. The Labute approximate surface area is 889 Å². The van der Waals surface area contributed by atoms with E-state index < -0.39 is 11.6 Å². The zero-order chi connectivity index (χ0) is 100. The fourth-order valence-electron chi connectivity index (χ4n) is 16.6. The predicted octanol–water partition coefficient (Wildman–Crippen LogP) is 27.3. The summed E-state index contributed by atoms with van der Waals surface area (Å²) in [5, 5.41) is 18.7. The molecule has 4 aromatic carbocycles. The van der Waals surface area contributed by atoms with Crippen molar-refractivity contribution in [3.05, 3.63) is 327 Å². The average molecular weight is 2240 g/mol. The molecule has 16 heterocycles. The number of rotatable bonds is 37. The van der Waals surface area contributed by atoms with Gasteiger partial charge in [-0.25, -0.2) is 53.0 Å². The number of halogens is 6. The number of imidazole rings is 4. The number of para-hydroxylation sites is 4. The summed E-state index contributed by atoms with van der Waals surface area (Å²) in [6.07, 6.45) is 45.3. The summed E-state index contributed by atoms with van der Waals surface area (Å²) >= 11 is 9.24. The van der Waals surface area contributed by atoms with E-state index in [-0.39, 0.29) is 41.4 Å². The van der Waals surface area contributed by atoms with Crippen molar-refractivity contribution in [2.75, 3.05) is 116 Å². The van der Waals surface area contributed by atoms with Gasteiger partial charge < -0.3 is 64.9 Å². The van der Waals surface area contributed by atoms with Gasteiger partial charge in [-0.2, -0.15) is 0 Å². The van der Waals surface area contributed by atoms with Gasteiger partial charge in [-0.1, -0.05) is 128 Å². The number of methoxy groups -OCH3 is 4. The molecule has 0 amide bonds. The Morgan fingerprint density at radius 1 is 0.435 bits per heavy atom. The van der Waals surface area contributed by atoms with Crippen LogP contribution in [0.2, 0.25) is 0 Å². The van der Waals surface area contributed by atoms with E-state index in [2.05, 4.69) is 252 Å². The number of ether oxygens (including phenoxy) is 5. The van der Waals surface area contributed by atoms with Crippen molar-refractivity contribution in [1.82, 2.24) is 92.4 Å². The van der Waals surface area contributed by atoms with Crippen LogP contribution in [0.25, 0.3) is 99.9 Å². The van der Waals surface area contributed by atoms with Crippen molar-refractivity contribution in [1.29, 1.82) is 0 Å². The molecule has 28 nitrogen and oxygen atoms in total. The van der Waals surface area contributed by atoms with Gasteiger partial charge in [0.15, 0.2) is 45.9 Å². The van der Waals surface area contributed by atoms with Gasteiger partial charge in [0.1, 0.15) is 30.4 Å². The summed E-state index contributed by atoms with van der Waals surface area (Å²) in [7, 11) is 6.85. The number of hydrogen-bond acceptors (Lipinski definition) is 20. The number of hydrogen-bond donors (Lipinski definition) is 8. The molecule has 1 unspecified atom stereocenters. The van der Waals surface area contributed by atoms with Gasteiger partial charge in [-0.3, -0.25) is 32.6 Å². The molecule has 20 rings (SSSR count). The highest BCUT2D eigenvalue weighted by Crippen LogP contribution is 2.34. The predicted molar refractivity (Wildman–Crippen MR) is 610 cm³/mol. The summed E-state index contributed by atoms with van der Waals surface area (Å²) in [5.41, 5.74) is 22.3. The Hall–Kier alpha value is -13.3. The number of nitrogens with zero attached hydrogens (tertiary/aromatic N) is 15. The number of pyridine rings is 3. The second kappa shape index (κ2) is 58.9. The van der Waals surface area contributed by atoms with Crippen LogP contribution in [0.15, 0.2) is 261 Å². The molecular formula is C113H137Br2F3IN23O5. The van der Waals surface area contributed by atoms with Crippen molar-refractivity contribution in [2.45, 2.75) is 146 Å². The van der Waals surface area contributed by atoms with Gasteiger partial charge >= 0.3 is 0 Å². The molecule has 776 valence electrons. The van der Waals surface area contributed by atoms with Crippen molar-refractivity contribution < 1.29 is 36.9 Å². The lowest BCUT2D eigenvalue weighted by Crippen LogP contribution is -2.10. The summed E-state index contributed by atoms with van der Waals surface area (Å²) in [6, 6.07) is 37.6. The topological polar surface area (TPSA) is 317 Å². The van der Waals surface area contributed by atoms with Gasteiger partial charge in [0.2, 0.25) is 0 Å². The SMILES string of the molecule is Brc1cn2c(I)cnc2c(NCCc2c[nH]c3ccccc23)n1.C.C.C.C.C1CCOC1.C=C(C)CCCOC.C=C(CCCOC)c1cnc2c(NCCc3c[nH]c4ccccc34)nc(-c3cncc(F)c3)cn12.C=C(CCCOC)c1cnc2c(NCCc3c[nH]c4ccccc34)nc(Br)cn12.COCCCC(C)c1cnc2c(NCCc3c[nH]c4ccccc34)nc(-c3cncc(F)c3)cn12.Cc1cncc(F)c1. The van der Waals surface area contributed by atoms with Crippen LogP contribution >= 0.6 is 54.5 Å². The Bertz CT molecular complexity index is 7370. The zero-order valence-corrected chi connectivity index (χ0v) is 86.9. The van der Waals surface area contributed by atoms with Crippen LogP contribution in [-0.2, 0) is 49.4 Å². The number of fused-ring (bicyclic) bond motifs is 8. The van der Waals surface area contributed by atoms with Crippen LogP contribution in [0, 0.1) is 28.1 Å². The van der Waals surface area contributed by atoms with Crippen LogP contribution in [0.3, 0.4) is 0 Å². The molecule has 0 bridgehead atoms. The summed E-state index contributed by atoms with van der Waals surface area (Å²) in [5.74, 6) is 2.05. The molecule has 19 aromatic rings. The highest BCUT2D eigenvalue weighted by molar-refractivity contribution is 14.1. The molecule has 15 aromatic heterocycles. The van der Waals surface area contributed by atoms with Crippen molar-refractivity contribution in [3.8, 4) is 22.5 Å². The maximum absolute atomic E-state index is 13.9. The molecule has 0 radical (unpaired) electrons. The van der Waals surface area contributed by atoms with E-state index in [4.69, 9.17) is 38.6 Å². The first kappa shape index (κ1) is 116. The molecule has 0 aliphatic carbocycles. The maximum Gasteiger partial charge on any atom is 0.181 e. The molecule has 1 saturated heterocycles. The monoisotopic (exact) mass is 2240 g/mol. The number of anilines is 4. The Balaban J connectivity index is 0.000000187. The minimum atomic E-state index is -0.409. The number of aromatic nitrogens is 19. The fourth-order valence-corrected chi connectivity index (χ4v) is 17.9. The molecule has 1 fully saturated rings. The normalized spacial score (nSPS) is 11.5. The first-order valence-corrected chi connectivity index (χ1v) is 50.4.